The fourth-order valence-corrected chi connectivity index (χ4v) is 4.70. The van der Waals surface area contributed by atoms with Crippen molar-refractivity contribution in [2.45, 2.75) is 32.2 Å². The molecule has 1 fully saturated rings. The van der Waals surface area contributed by atoms with Gasteiger partial charge in [-0.25, -0.2) is 0 Å². The molecule has 1 saturated heterocycles. The van der Waals surface area contributed by atoms with Crippen molar-refractivity contribution in [1.82, 2.24) is 10.2 Å². The van der Waals surface area contributed by atoms with Crippen LogP contribution in [0.5, 0.6) is 28.7 Å². The lowest BCUT2D eigenvalue weighted by molar-refractivity contribution is -0.122. The molecule has 2 amide bonds. The van der Waals surface area contributed by atoms with Gasteiger partial charge in [0.1, 0.15) is 13.2 Å². The Balaban J connectivity index is 1.30. The summed E-state index contributed by atoms with van der Waals surface area (Å²) in [5, 5.41) is 3.09. The average Bonchev–Trinajstić information content (AvgIpc) is 2.91. The van der Waals surface area contributed by atoms with Crippen LogP contribution in [0.4, 0.5) is 0 Å². The van der Waals surface area contributed by atoms with Crippen molar-refractivity contribution >= 4 is 11.8 Å². The van der Waals surface area contributed by atoms with E-state index in [0.29, 0.717) is 61.3 Å². The highest BCUT2D eigenvalue weighted by Gasteiger charge is 2.27. The highest BCUT2D eigenvalue weighted by Crippen LogP contribution is 2.39. The minimum atomic E-state index is -0.143. The first kappa shape index (κ1) is 25.5. The van der Waals surface area contributed by atoms with Gasteiger partial charge in [-0.05, 0) is 55.5 Å². The van der Waals surface area contributed by atoms with Gasteiger partial charge in [0.2, 0.25) is 11.7 Å². The number of carbonyl (C=O) groups excluding carboxylic acids is 2. The molecule has 2 aliphatic heterocycles. The summed E-state index contributed by atoms with van der Waals surface area (Å²) in [7, 11) is 4.58. The lowest BCUT2D eigenvalue weighted by Gasteiger charge is -2.32. The number of hydrogen-bond acceptors (Lipinski definition) is 7. The van der Waals surface area contributed by atoms with E-state index in [1.807, 2.05) is 30.0 Å². The van der Waals surface area contributed by atoms with E-state index in [9.17, 15) is 9.59 Å². The Morgan fingerprint density at radius 1 is 0.972 bits per heavy atom. The van der Waals surface area contributed by atoms with Crippen molar-refractivity contribution in [2.75, 3.05) is 47.6 Å². The van der Waals surface area contributed by atoms with Gasteiger partial charge in [0.15, 0.2) is 23.0 Å². The number of rotatable bonds is 8. The number of piperidine rings is 1. The van der Waals surface area contributed by atoms with E-state index in [1.54, 1.807) is 12.1 Å². The molecule has 2 aliphatic rings. The predicted octanol–water partition coefficient (Wildman–Crippen LogP) is 3.60. The molecule has 1 atom stereocenters. The predicted molar refractivity (Wildman–Crippen MR) is 133 cm³/mol. The maximum absolute atomic E-state index is 13.1. The molecule has 2 heterocycles. The zero-order valence-corrected chi connectivity index (χ0v) is 21.3. The van der Waals surface area contributed by atoms with Gasteiger partial charge in [-0.3, -0.25) is 9.59 Å². The van der Waals surface area contributed by atoms with E-state index in [-0.39, 0.29) is 23.8 Å². The topological polar surface area (TPSA) is 95.6 Å². The van der Waals surface area contributed by atoms with Crippen LogP contribution in [-0.2, 0) is 4.79 Å². The quantitative estimate of drug-likeness (QED) is 0.594. The highest BCUT2D eigenvalue weighted by atomic mass is 16.6. The van der Waals surface area contributed by atoms with E-state index in [4.69, 9.17) is 23.7 Å². The van der Waals surface area contributed by atoms with Crippen LogP contribution in [0, 0.1) is 5.92 Å². The minimum Gasteiger partial charge on any atom is -0.493 e. The molecule has 0 saturated carbocycles. The van der Waals surface area contributed by atoms with E-state index in [2.05, 4.69) is 5.32 Å². The van der Waals surface area contributed by atoms with Gasteiger partial charge in [0, 0.05) is 25.1 Å². The van der Waals surface area contributed by atoms with Gasteiger partial charge in [0.25, 0.3) is 5.91 Å². The number of ether oxygens (including phenoxy) is 5. The summed E-state index contributed by atoms with van der Waals surface area (Å²) in [6.07, 6.45) is 1.96. The molecule has 1 N–H and O–H groups in total. The van der Waals surface area contributed by atoms with Crippen LogP contribution in [0.1, 0.15) is 48.1 Å². The smallest absolute Gasteiger partial charge is 0.254 e. The summed E-state index contributed by atoms with van der Waals surface area (Å²) in [6.45, 7) is 4.21. The number of methoxy groups -OCH3 is 3. The molecule has 2 aromatic rings. The number of carbonyl (C=O) groups is 2. The van der Waals surface area contributed by atoms with Crippen LogP contribution in [0.15, 0.2) is 30.3 Å². The molecule has 0 radical (unpaired) electrons. The molecular weight excluding hydrogens is 464 g/mol. The van der Waals surface area contributed by atoms with Crippen LogP contribution >= 0.6 is 0 Å². The molecule has 0 spiro atoms. The monoisotopic (exact) mass is 498 g/mol. The van der Waals surface area contributed by atoms with Crippen LogP contribution < -0.4 is 29.0 Å². The first-order valence-corrected chi connectivity index (χ1v) is 12.2. The summed E-state index contributed by atoms with van der Waals surface area (Å²) in [5.74, 6) is 2.92. The summed E-state index contributed by atoms with van der Waals surface area (Å²) >= 11 is 0. The molecule has 9 nitrogen and oxygen atoms in total. The molecule has 0 aromatic heterocycles. The van der Waals surface area contributed by atoms with Gasteiger partial charge in [0.05, 0.1) is 27.4 Å². The minimum absolute atomic E-state index is 0.00629. The largest absolute Gasteiger partial charge is 0.493 e. The number of hydrogen-bond donors (Lipinski definition) is 1. The number of likely N-dealkylation sites (tertiary alicyclic amines) is 1. The van der Waals surface area contributed by atoms with Crippen LogP contribution in [0.2, 0.25) is 0 Å². The summed E-state index contributed by atoms with van der Waals surface area (Å²) in [4.78, 5) is 27.7. The van der Waals surface area contributed by atoms with Crippen LogP contribution in [0.3, 0.4) is 0 Å². The molecule has 4 rings (SSSR count). The summed E-state index contributed by atoms with van der Waals surface area (Å²) in [6, 6.07) is 8.95. The fraction of sp³-hybridized carbons (Fsp3) is 0.481. The molecule has 1 unspecified atom stereocenters. The fourth-order valence-electron chi connectivity index (χ4n) is 4.70. The molecule has 9 heteroatoms. The number of nitrogens with zero attached hydrogens (tertiary/aromatic N) is 1. The van der Waals surface area contributed by atoms with E-state index >= 15 is 0 Å². The number of fused-ring (bicyclic) bond motifs is 1. The van der Waals surface area contributed by atoms with Crippen LogP contribution in [0.25, 0.3) is 0 Å². The zero-order valence-electron chi connectivity index (χ0n) is 21.3. The van der Waals surface area contributed by atoms with Gasteiger partial charge >= 0.3 is 0 Å². The summed E-state index contributed by atoms with van der Waals surface area (Å²) < 4.78 is 27.3. The maximum Gasteiger partial charge on any atom is 0.254 e. The first-order chi connectivity index (χ1) is 17.4. The first-order valence-electron chi connectivity index (χ1n) is 12.2. The highest BCUT2D eigenvalue weighted by molar-refractivity contribution is 5.95. The average molecular weight is 499 g/mol. The van der Waals surface area contributed by atoms with Crippen molar-refractivity contribution in [3.63, 3.8) is 0 Å². The Morgan fingerprint density at radius 3 is 2.22 bits per heavy atom. The van der Waals surface area contributed by atoms with Crippen molar-refractivity contribution in [3.8, 4) is 28.7 Å². The molecule has 0 bridgehead atoms. The van der Waals surface area contributed by atoms with Crippen molar-refractivity contribution in [3.05, 3.63) is 41.5 Å². The van der Waals surface area contributed by atoms with Gasteiger partial charge < -0.3 is 33.9 Å². The molecule has 0 aliphatic carbocycles. The second-order valence-corrected chi connectivity index (χ2v) is 9.05. The second kappa shape index (κ2) is 11.4. The van der Waals surface area contributed by atoms with Crippen molar-refractivity contribution in [2.24, 2.45) is 5.92 Å². The third-order valence-corrected chi connectivity index (χ3v) is 6.73. The Labute approximate surface area is 211 Å². The van der Waals surface area contributed by atoms with E-state index in [0.717, 1.165) is 24.2 Å². The third-order valence-electron chi connectivity index (χ3n) is 6.73. The lowest BCUT2D eigenvalue weighted by atomic mass is 9.92. The molecule has 2 aromatic carbocycles. The number of benzene rings is 2. The van der Waals surface area contributed by atoms with Gasteiger partial charge in [-0.1, -0.05) is 6.07 Å². The number of amides is 2. The van der Waals surface area contributed by atoms with E-state index in [1.165, 1.54) is 21.3 Å². The molecule has 194 valence electrons. The lowest BCUT2D eigenvalue weighted by Crippen LogP contribution is -2.40. The van der Waals surface area contributed by atoms with E-state index < -0.39 is 0 Å². The second-order valence-electron chi connectivity index (χ2n) is 9.05. The third kappa shape index (κ3) is 5.61. The standard InChI is InChI=1S/C27H34N2O7/c1-17(19-5-6-21-22(14-19)36-12-11-35-21)28-25(30)13-18-7-9-29(10-8-18)27(31)20-15-23(32-2)26(34-4)24(16-20)33-3/h5-6,14-18H,7-13H2,1-4H3,(H,28,30). The van der Waals surface area contributed by atoms with Gasteiger partial charge in [-0.15, -0.1) is 0 Å². The van der Waals surface area contributed by atoms with Crippen molar-refractivity contribution in [1.29, 1.82) is 0 Å². The Hall–Kier alpha value is -3.62. The number of nitrogens with one attached hydrogen (secondary N) is 1. The Morgan fingerprint density at radius 2 is 1.61 bits per heavy atom. The van der Waals surface area contributed by atoms with Gasteiger partial charge in [-0.2, -0.15) is 0 Å². The zero-order chi connectivity index (χ0) is 25.7. The normalized spacial score (nSPS) is 16.2. The molecule has 36 heavy (non-hydrogen) atoms. The Bertz CT molecular complexity index is 1070. The SMILES string of the molecule is COc1cc(C(=O)N2CCC(CC(=O)NC(C)c3ccc4c(c3)OCCO4)CC2)cc(OC)c1OC. The van der Waals surface area contributed by atoms with Crippen molar-refractivity contribution < 1.29 is 33.3 Å². The summed E-state index contributed by atoms with van der Waals surface area (Å²) in [5.41, 5.74) is 1.45. The Kier molecular flexibility index (Phi) is 8.07. The van der Waals surface area contributed by atoms with Crippen LogP contribution in [-0.4, -0.2) is 64.3 Å². The molecular formula is C27H34N2O7. The maximum atomic E-state index is 13.1.